The second kappa shape index (κ2) is 7.79. The number of nitriles is 1. The molecule has 1 saturated heterocycles. The number of nitrogens with one attached hydrogen (secondary N) is 2. The highest BCUT2D eigenvalue weighted by Crippen LogP contribution is 2.31. The predicted molar refractivity (Wildman–Crippen MR) is 109 cm³/mol. The number of sulfonamides is 1. The summed E-state index contributed by atoms with van der Waals surface area (Å²) in [4.78, 5) is 14.7. The highest BCUT2D eigenvalue weighted by Gasteiger charge is 2.39. The van der Waals surface area contributed by atoms with Gasteiger partial charge in [-0.05, 0) is 37.8 Å². The molecule has 11 heteroatoms. The van der Waals surface area contributed by atoms with Crippen LogP contribution in [0.2, 0.25) is 0 Å². The predicted octanol–water partition coefficient (Wildman–Crippen LogP) is 0.526. The van der Waals surface area contributed by atoms with Crippen molar-refractivity contribution in [2.24, 2.45) is 4.40 Å². The number of hydrogen-bond donors (Lipinski definition) is 3. The third-order valence-electron chi connectivity index (χ3n) is 5.32. The number of nitrogen functional groups attached to an aromatic ring is 1. The SMILES string of the molecule is N#Cc1c(N)n[nH]c1CCCNC(=O)[C@@H]1CCCN1C1=NS(=O)(=O)c2ccccc21. The Hall–Kier alpha value is -3.39. The molecule has 0 radical (unpaired) electrons. The Morgan fingerprint density at radius 3 is 3.00 bits per heavy atom. The number of nitrogens with two attached hydrogens (primary N) is 1. The van der Waals surface area contributed by atoms with E-state index in [-0.39, 0.29) is 16.6 Å². The molecule has 30 heavy (non-hydrogen) atoms. The average Bonchev–Trinajstić information content (AvgIpc) is 3.41. The molecule has 1 fully saturated rings. The van der Waals surface area contributed by atoms with Crippen molar-refractivity contribution in [3.63, 3.8) is 0 Å². The minimum atomic E-state index is -3.73. The molecule has 3 heterocycles. The van der Waals surface area contributed by atoms with Crippen molar-refractivity contribution in [2.45, 2.75) is 36.6 Å². The summed E-state index contributed by atoms with van der Waals surface area (Å²) in [5.74, 6) is 0.349. The molecule has 0 spiro atoms. The minimum Gasteiger partial charge on any atom is -0.381 e. The highest BCUT2D eigenvalue weighted by atomic mass is 32.2. The summed E-state index contributed by atoms with van der Waals surface area (Å²) >= 11 is 0. The van der Waals surface area contributed by atoms with Crippen LogP contribution < -0.4 is 11.1 Å². The van der Waals surface area contributed by atoms with Crippen LogP contribution in [0.3, 0.4) is 0 Å². The third-order valence-corrected chi connectivity index (χ3v) is 6.65. The van der Waals surface area contributed by atoms with Gasteiger partial charge < -0.3 is 16.0 Å². The van der Waals surface area contributed by atoms with Crippen molar-refractivity contribution >= 4 is 27.6 Å². The molecule has 0 unspecified atom stereocenters. The maximum Gasteiger partial charge on any atom is 0.285 e. The number of anilines is 1. The number of amidine groups is 1. The minimum absolute atomic E-state index is 0.165. The highest BCUT2D eigenvalue weighted by molar-refractivity contribution is 7.90. The fourth-order valence-electron chi connectivity index (χ4n) is 3.88. The summed E-state index contributed by atoms with van der Waals surface area (Å²) in [6, 6.07) is 8.22. The molecule has 0 bridgehead atoms. The lowest BCUT2D eigenvalue weighted by molar-refractivity contribution is -0.124. The van der Waals surface area contributed by atoms with Gasteiger partial charge in [0.25, 0.3) is 10.0 Å². The number of amides is 1. The quantitative estimate of drug-likeness (QED) is 0.587. The van der Waals surface area contributed by atoms with E-state index in [4.69, 9.17) is 11.0 Å². The molecular weight excluding hydrogens is 406 g/mol. The van der Waals surface area contributed by atoms with Crippen molar-refractivity contribution in [2.75, 3.05) is 18.8 Å². The van der Waals surface area contributed by atoms with Gasteiger partial charge in [-0.1, -0.05) is 12.1 Å². The van der Waals surface area contributed by atoms with Gasteiger partial charge in [0.1, 0.15) is 22.6 Å². The number of fused-ring (bicyclic) bond motifs is 1. The molecule has 2 aromatic rings. The molecule has 156 valence electrons. The van der Waals surface area contributed by atoms with Gasteiger partial charge in [0.15, 0.2) is 11.7 Å². The number of nitrogens with zero attached hydrogens (tertiary/aromatic N) is 4. The Balaban J connectivity index is 1.40. The van der Waals surface area contributed by atoms with Crippen molar-refractivity contribution < 1.29 is 13.2 Å². The van der Waals surface area contributed by atoms with Gasteiger partial charge in [-0.3, -0.25) is 9.89 Å². The van der Waals surface area contributed by atoms with Crippen molar-refractivity contribution in [3.05, 3.63) is 41.1 Å². The lowest BCUT2D eigenvalue weighted by Crippen LogP contribution is -2.46. The molecule has 1 amide bonds. The van der Waals surface area contributed by atoms with E-state index in [1.807, 2.05) is 6.07 Å². The fourth-order valence-corrected chi connectivity index (χ4v) is 5.10. The average molecular weight is 427 g/mol. The number of hydrogen-bond acceptors (Lipinski definition) is 7. The van der Waals surface area contributed by atoms with E-state index >= 15 is 0 Å². The van der Waals surface area contributed by atoms with Crippen LogP contribution in [0.4, 0.5) is 5.82 Å². The van der Waals surface area contributed by atoms with Gasteiger partial charge in [0, 0.05) is 18.7 Å². The summed E-state index contributed by atoms with van der Waals surface area (Å²) in [6.45, 7) is 0.980. The summed E-state index contributed by atoms with van der Waals surface area (Å²) in [5.41, 5.74) is 7.14. The van der Waals surface area contributed by atoms with Crippen LogP contribution in [0.25, 0.3) is 0 Å². The van der Waals surface area contributed by atoms with Gasteiger partial charge in [0.2, 0.25) is 5.91 Å². The summed E-state index contributed by atoms with van der Waals surface area (Å²) in [5, 5.41) is 18.6. The van der Waals surface area contributed by atoms with E-state index in [0.29, 0.717) is 55.0 Å². The number of carbonyl (C=O) groups is 1. The van der Waals surface area contributed by atoms with Gasteiger partial charge in [-0.25, -0.2) is 0 Å². The Labute approximate surface area is 173 Å². The topological polar surface area (TPSA) is 157 Å². The van der Waals surface area contributed by atoms with Crippen LogP contribution in [-0.2, 0) is 21.2 Å². The first kappa shape index (κ1) is 19.9. The van der Waals surface area contributed by atoms with E-state index < -0.39 is 16.1 Å². The molecule has 2 aliphatic heterocycles. The summed E-state index contributed by atoms with van der Waals surface area (Å²) < 4.78 is 28.6. The van der Waals surface area contributed by atoms with Gasteiger partial charge in [0.05, 0.1) is 5.69 Å². The van der Waals surface area contributed by atoms with E-state index in [1.54, 1.807) is 23.1 Å². The summed E-state index contributed by atoms with van der Waals surface area (Å²) in [7, 11) is -3.73. The van der Waals surface area contributed by atoms with E-state index in [9.17, 15) is 13.2 Å². The number of likely N-dealkylation sites (tertiary alicyclic amines) is 1. The summed E-state index contributed by atoms with van der Waals surface area (Å²) in [6.07, 6.45) is 2.54. The molecule has 0 saturated carbocycles. The monoisotopic (exact) mass is 427 g/mol. The Bertz CT molecular complexity index is 1160. The van der Waals surface area contributed by atoms with Gasteiger partial charge in [-0.15, -0.1) is 4.40 Å². The molecule has 10 nitrogen and oxygen atoms in total. The van der Waals surface area contributed by atoms with Crippen LogP contribution in [-0.4, -0.2) is 54.4 Å². The number of rotatable bonds is 5. The lowest BCUT2D eigenvalue weighted by atomic mass is 10.1. The number of benzene rings is 1. The van der Waals surface area contributed by atoms with Crippen LogP contribution in [0.15, 0.2) is 33.6 Å². The second-order valence-electron chi connectivity index (χ2n) is 7.21. The van der Waals surface area contributed by atoms with Crippen molar-refractivity contribution in [1.82, 2.24) is 20.4 Å². The number of carbonyl (C=O) groups excluding carboxylic acids is 1. The van der Waals surface area contributed by atoms with Crippen LogP contribution in [0, 0.1) is 11.3 Å². The molecule has 1 aromatic carbocycles. The first-order valence-electron chi connectivity index (χ1n) is 9.64. The molecule has 2 aliphatic rings. The Morgan fingerprint density at radius 2 is 2.20 bits per heavy atom. The zero-order valence-corrected chi connectivity index (χ0v) is 16.9. The van der Waals surface area contributed by atoms with Crippen LogP contribution >= 0.6 is 0 Å². The second-order valence-corrected chi connectivity index (χ2v) is 8.78. The molecule has 1 atom stereocenters. The Kier molecular flexibility index (Phi) is 5.17. The van der Waals surface area contributed by atoms with Crippen molar-refractivity contribution in [1.29, 1.82) is 5.26 Å². The van der Waals surface area contributed by atoms with E-state index in [2.05, 4.69) is 19.9 Å². The standard InChI is InChI=1S/C19H21N7O3S/c20-11-13-14(23-24-17(13)21)6-3-9-22-19(27)15-7-4-10-26(15)18-12-5-1-2-8-16(12)30(28,29)25-18/h1-2,5,8,15H,3-4,6-7,9-10H2,(H,22,27)(H3,21,23,24)/t15-/m0/s1. The molecule has 4 N–H and O–H groups in total. The first-order valence-corrected chi connectivity index (χ1v) is 11.1. The lowest BCUT2D eigenvalue weighted by Gasteiger charge is -2.25. The molecule has 0 aliphatic carbocycles. The number of H-pyrrole nitrogens is 1. The maximum atomic E-state index is 12.8. The zero-order valence-electron chi connectivity index (χ0n) is 16.1. The normalized spacial score (nSPS) is 19.2. The van der Waals surface area contributed by atoms with Crippen molar-refractivity contribution in [3.8, 4) is 6.07 Å². The van der Waals surface area contributed by atoms with Crippen LogP contribution in [0.5, 0.6) is 0 Å². The first-order chi connectivity index (χ1) is 14.4. The largest absolute Gasteiger partial charge is 0.381 e. The maximum absolute atomic E-state index is 12.8. The fraction of sp³-hybridized carbons (Fsp3) is 0.368. The van der Waals surface area contributed by atoms with Crippen LogP contribution in [0.1, 0.15) is 36.1 Å². The number of aromatic amines is 1. The smallest absolute Gasteiger partial charge is 0.285 e. The number of aromatic nitrogens is 2. The molecule has 4 rings (SSSR count). The van der Waals surface area contributed by atoms with E-state index in [1.165, 1.54) is 6.07 Å². The zero-order chi connectivity index (χ0) is 21.3. The molecule has 1 aromatic heterocycles. The molecular formula is C19H21N7O3S. The third kappa shape index (κ3) is 3.50. The van der Waals surface area contributed by atoms with E-state index in [0.717, 1.165) is 6.42 Å². The van der Waals surface area contributed by atoms with Gasteiger partial charge in [-0.2, -0.15) is 18.8 Å². The number of aryl methyl sites for hydroxylation is 1. The van der Waals surface area contributed by atoms with Gasteiger partial charge >= 0.3 is 0 Å². The Morgan fingerprint density at radius 1 is 1.40 bits per heavy atom.